The number of amides is 2. The Labute approximate surface area is 150 Å². The average molecular weight is 362 g/mol. The SMILES string of the molecule is NC(=O)c1c(NC(=O)[C@@H]2CC=CC[C@@H]2C(=O)O)sc2c1CCCCC2. The van der Waals surface area contributed by atoms with E-state index in [4.69, 9.17) is 5.73 Å². The number of aliphatic carboxylic acids is 1. The first-order valence-corrected chi connectivity index (χ1v) is 9.43. The van der Waals surface area contributed by atoms with E-state index in [9.17, 15) is 19.5 Å². The largest absolute Gasteiger partial charge is 0.481 e. The first-order valence-electron chi connectivity index (χ1n) is 8.62. The summed E-state index contributed by atoms with van der Waals surface area (Å²) in [6.45, 7) is 0. The van der Waals surface area contributed by atoms with Gasteiger partial charge in [0.05, 0.1) is 17.4 Å². The number of carboxylic acid groups (broad SMARTS) is 1. The fourth-order valence-electron chi connectivity index (χ4n) is 3.67. The number of rotatable bonds is 4. The Morgan fingerprint density at radius 1 is 1.08 bits per heavy atom. The molecule has 7 heteroatoms. The van der Waals surface area contributed by atoms with Crippen molar-refractivity contribution in [2.45, 2.75) is 44.9 Å². The molecule has 0 unspecified atom stereocenters. The quantitative estimate of drug-likeness (QED) is 0.565. The maximum absolute atomic E-state index is 12.7. The van der Waals surface area contributed by atoms with Crippen molar-refractivity contribution in [1.29, 1.82) is 0 Å². The van der Waals surface area contributed by atoms with Crippen molar-refractivity contribution in [2.75, 3.05) is 5.32 Å². The van der Waals surface area contributed by atoms with Crippen LogP contribution in [0.3, 0.4) is 0 Å². The van der Waals surface area contributed by atoms with E-state index in [2.05, 4.69) is 5.32 Å². The van der Waals surface area contributed by atoms with Crippen LogP contribution in [0.2, 0.25) is 0 Å². The molecule has 0 bridgehead atoms. The Morgan fingerprint density at radius 3 is 2.44 bits per heavy atom. The maximum Gasteiger partial charge on any atom is 0.307 e. The van der Waals surface area contributed by atoms with Gasteiger partial charge in [0, 0.05) is 4.88 Å². The highest BCUT2D eigenvalue weighted by molar-refractivity contribution is 7.17. The Balaban J connectivity index is 1.87. The smallest absolute Gasteiger partial charge is 0.307 e. The highest BCUT2D eigenvalue weighted by Crippen LogP contribution is 2.38. The van der Waals surface area contributed by atoms with Gasteiger partial charge in [-0.05, 0) is 44.1 Å². The van der Waals surface area contributed by atoms with Gasteiger partial charge >= 0.3 is 5.97 Å². The first-order chi connectivity index (χ1) is 12.0. The molecule has 4 N–H and O–H groups in total. The molecule has 0 saturated heterocycles. The predicted octanol–water partition coefficient (Wildman–Crippen LogP) is 2.72. The monoisotopic (exact) mass is 362 g/mol. The number of hydrogen-bond donors (Lipinski definition) is 3. The highest BCUT2D eigenvalue weighted by Gasteiger charge is 2.35. The molecule has 0 radical (unpaired) electrons. The van der Waals surface area contributed by atoms with Crippen molar-refractivity contribution in [3.8, 4) is 0 Å². The molecular weight excluding hydrogens is 340 g/mol. The molecule has 0 aromatic carbocycles. The minimum absolute atomic E-state index is 0.344. The van der Waals surface area contributed by atoms with Crippen LogP contribution in [0, 0.1) is 11.8 Å². The Morgan fingerprint density at radius 2 is 1.76 bits per heavy atom. The molecule has 25 heavy (non-hydrogen) atoms. The zero-order valence-electron chi connectivity index (χ0n) is 13.9. The van der Waals surface area contributed by atoms with Crippen LogP contribution >= 0.6 is 11.3 Å². The van der Waals surface area contributed by atoms with Crippen LogP contribution in [0.4, 0.5) is 5.00 Å². The van der Waals surface area contributed by atoms with Crippen LogP contribution < -0.4 is 11.1 Å². The second-order valence-electron chi connectivity index (χ2n) is 6.62. The van der Waals surface area contributed by atoms with Crippen molar-refractivity contribution >= 4 is 34.1 Å². The summed E-state index contributed by atoms with van der Waals surface area (Å²) in [5.41, 5.74) is 6.95. The Hall–Kier alpha value is -2.15. The van der Waals surface area contributed by atoms with Gasteiger partial charge in [0.15, 0.2) is 0 Å². The number of carboxylic acids is 1. The average Bonchev–Trinajstić information content (AvgIpc) is 2.76. The molecule has 2 amide bonds. The van der Waals surface area contributed by atoms with Gasteiger partial charge in [-0.3, -0.25) is 14.4 Å². The fraction of sp³-hybridized carbons (Fsp3) is 0.500. The lowest BCUT2D eigenvalue weighted by atomic mass is 9.82. The lowest BCUT2D eigenvalue weighted by Crippen LogP contribution is -2.35. The third-order valence-corrected chi connectivity index (χ3v) is 6.20. The number of hydrogen-bond acceptors (Lipinski definition) is 4. The number of fused-ring (bicyclic) bond motifs is 1. The summed E-state index contributed by atoms with van der Waals surface area (Å²) in [5.74, 6) is -3.23. The van der Waals surface area contributed by atoms with E-state index in [1.807, 2.05) is 6.08 Å². The molecule has 2 aliphatic rings. The van der Waals surface area contributed by atoms with Gasteiger partial charge in [-0.2, -0.15) is 0 Å². The van der Waals surface area contributed by atoms with Gasteiger partial charge in [0.2, 0.25) is 5.91 Å². The Kier molecular flexibility index (Phi) is 5.22. The van der Waals surface area contributed by atoms with E-state index in [-0.39, 0.29) is 5.91 Å². The van der Waals surface area contributed by atoms with Crippen molar-refractivity contribution in [3.05, 3.63) is 28.2 Å². The standard InChI is InChI=1S/C18H22N2O4S/c19-15(21)14-12-8-2-1-3-9-13(12)25-17(14)20-16(22)10-6-4-5-7-11(10)18(23)24/h4-5,10-11H,1-3,6-9H2,(H2,19,21)(H,20,22)(H,23,24)/t10-,11+/m1/s1. The number of aryl methyl sites for hydroxylation is 1. The number of nitrogens with one attached hydrogen (secondary N) is 1. The molecule has 0 saturated carbocycles. The van der Waals surface area contributed by atoms with E-state index in [1.165, 1.54) is 11.3 Å². The summed E-state index contributed by atoms with van der Waals surface area (Å²) >= 11 is 1.41. The Bertz CT molecular complexity index is 738. The molecule has 2 aliphatic carbocycles. The van der Waals surface area contributed by atoms with E-state index < -0.39 is 23.7 Å². The molecule has 6 nitrogen and oxygen atoms in total. The van der Waals surface area contributed by atoms with Crippen molar-refractivity contribution in [2.24, 2.45) is 17.6 Å². The van der Waals surface area contributed by atoms with Crippen LogP contribution in [0.25, 0.3) is 0 Å². The lowest BCUT2D eigenvalue weighted by Gasteiger charge is -2.24. The second kappa shape index (κ2) is 7.39. The van der Waals surface area contributed by atoms with Crippen LogP contribution in [-0.4, -0.2) is 22.9 Å². The minimum atomic E-state index is -0.971. The third kappa shape index (κ3) is 3.61. The predicted molar refractivity (Wildman–Crippen MR) is 95.7 cm³/mol. The normalized spacial score (nSPS) is 22.7. The lowest BCUT2D eigenvalue weighted by molar-refractivity contribution is -0.146. The molecule has 1 aromatic heterocycles. The number of thiophene rings is 1. The van der Waals surface area contributed by atoms with Crippen LogP contribution in [-0.2, 0) is 22.4 Å². The van der Waals surface area contributed by atoms with Gasteiger partial charge in [0.1, 0.15) is 5.00 Å². The molecule has 0 aliphatic heterocycles. The van der Waals surface area contributed by atoms with E-state index in [0.717, 1.165) is 42.5 Å². The zero-order valence-corrected chi connectivity index (χ0v) is 14.7. The number of allylic oxidation sites excluding steroid dienone is 2. The summed E-state index contributed by atoms with van der Waals surface area (Å²) in [6, 6.07) is 0. The summed E-state index contributed by atoms with van der Waals surface area (Å²) in [6.07, 6.45) is 9.24. The number of carbonyl (C=O) groups is 3. The van der Waals surface area contributed by atoms with Gasteiger partial charge in [-0.25, -0.2) is 0 Å². The van der Waals surface area contributed by atoms with Gasteiger partial charge in [-0.1, -0.05) is 18.6 Å². The topological polar surface area (TPSA) is 109 Å². The molecule has 3 rings (SSSR count). The van der Waals surface area contributed by atoms with Crippen LogP contribution in [0.5, 0.6) is 0 Å². The fourth-order valence-corrected chi connectivity index (χ4v) is 4.97. The number of carbonyl (C=O) groups excluding carboxylic acids is 2. The van der Waals surface area contributed by atoms with Crippen molar-refractivity contribution in [1.82, 2.24) is 0 Å². The second-order valence-corrected chi connectivity index (χ2v) is 7.72. The molecule has 1 aromatic rings. The molecule has 2 atom stereocenters. The maximum atomic E-state index is 12.7. The van der Waals surface area contributed by atoms with Crippen LogP contribution in [0.15, 0.2) is 12.2 Å². The highest BCUT2D eigenvalue weighted by atomic mass is 32.1. The minimum Gasteiger partial charge on any atom is -0.481 e. The molecule has 0 spiro atoms. The summed E-state index contributed by atoms with van der Waals surface area (Å²) in [5, 5.41) is 12.6. The molecule has 0 fully saturated rings. The number of anilines is 1. The van der Waals surface area contributed by atoms with E-state index in [1.54, 1.807) is 6.08 Å². The number of primary amides is 1. The first kappa shape index (κ1) is 17.7. The van der Waals surface area contributed by atoms with Gasteiger partial charge in [0.25, 0.3) is 5.91 Å². The molecule has 1 heterocycles. The zero-order chi connectivity index (χ0) is 18.0. The summed E-state index contributed by atoms with van der Waals surface area (Å²) in [4.78, 5) is 37.2. The van der Waals surface area contributed by atoms with Crippen molar-refractivity contribution in [3.63, 3.8) is 0 Å². The van der Waals surface area contributed by atoms with Gasteiger partial charge < -0.3 is 16.2 Å². The summed E-state index contributed by atoms with van der Waals surface area (Å²) < 4.78 is 0. The summed E-state index contributed by atoms with van der Waals surface area (Å²) in [7, 11) is 0. The van der Waals surface area contributed by atoms with Crippen molar-refractivity contribution < 1.29 is 19.5 Å². The van der Waals surface area contributed by atoms with E-state index >= 15 is 0 Å². The molecule has 134 valence electrons. The molecular formula is C18H22N2O4S. The van der Waals surface area contributed by atoms with E-state index in [0.29, 0.717) is 23.4 Å². The van der Waals surface area contributed by atoms with Crippen LogP contribution in [0.1, 0.15) is 52.9 Å². The number of nitrogens with two attached hydrogens (primary N) is 1. The van der Waals surface area contributed by atoms with Gasteiger partial charge in [-0.15, -0.1) is 11.3 Å². The third-order valence-electron chi connectivity index (χ3n) is 4.99.